The lowest BCUT2D eigenvalue weighted by atomic mass is 9.67. The largest absolute Gasteiger partial charge is 0.491 e. The van der Waals surface area contributed by atoms with E-state index in [4.69, 9.17) is 14.2 Å². The van der Waals surface area contributed by atoms with Crippen molar-refractivity contribution in [3.63, 3.8) is 0 Å². The monoisotopic (exact) mass is 606 g/mol. The van der Waals surface area contributed by atoms with E-state index in [0.29, 0.717) is 11.5 Å². The molecule has 0 fully saturated rings. The van der Waals surface area contributed by atoms with Gasteiger partial charge in [-0.05, 0) is 99.1 Å². The van der Waals surface area contributed by atoms with Crippen LogP contribution in [0, 0.1) is 0 Å². The molecule has 0 aromatic heterocycles. The van der Waals surface area contributed by atoms with E-state index in [-0.39, 0.29) is 26.4 Å². The van der Waals surface area contributed by atoms with Gasteiger partial charge in [0.1, 0.15) is 36.2 Å². The van der Waals surface area contributed by atoms with Gasteiger partial charge in [0.15, 0.2) is 0 Å². The van der Waals surface area contributed by atoms with E-state index in [9.17, 15) is 10.2 Å². The predicted octanol–water partition coefficient (Wildman–Crippen LogP) is 8.25. The van der Waals surface area contributed by atoms with E-state index in [1.165, 1.54) is 22.3 Å². The molecular weight excluding hydrogens is 572 g/mol. The molecular formula is C41H34O5. The Bertz CT molecular complexity index is 1860. The third kappa shape index (κ3) is 5.40. The fourth-order valence-corrected chi connectivity index (χ4v) is 6.52. The first kappa shape index (κ1) is 29.4. The molecule has 0 atom stereocenters. The molecule has 46 heavy (non-hydrogen) atoms. The minimum Gasteiger partial charge on any atom is -0.491 e. The van der Waals surface area contributed by atoms with Crippen LogP contribution in [0.15, 0.2) is 146 Å². The van der Waals surface area contributed by atoms with Gasteiger partial charge in [0.05, 0.1) is 18.6 Å². The summed E-state index contributed by atoms with van der Waals surface area (Å²) in [6, 6.07) is 49.7. The SMILES string of the molecule is OCCOc1ccc(C2(c3ccc(OCCO)cc3)c3ccccc3-c3ccc(-c4ccc(Oc5ccccc5)cc4)cc32)cc1. The fourth-order valence-electron chi connectivity index (χ4n) is 6.52. The van der Waals surface area contributed by atoms with Gasteiger partial charge in [0.25, 0.3) is 0 Å². The maximum Gasteiger partial charge on any atom is 0.127 e. The molecule has 5 heteroatoms. The van der Waals surface area contributed by atoms with Gasteiger partial charge in [-0.15, -0.1) is 0 Å². The molecule has 0 unspecified atom stereocenters. The van der Waals surface area contributed by atoms with Crippen molar-refractivity contribution < 1.29 is 24.4 Å². The van der Waals surface area contributed by atoms with Crippen LogP contribution in [0.4, 0.5) is 0 Å². The van der Waals surface area contributed by atoms with Crippen molar-refractivity contribution >= 4 is 0 Å². The third-order valence-corrected chi connectivity index (χ3v) is 8.51. The summed E-state index contributed by atoms with van der Waals surface area (Å²) >= 11 is 0. The Kier molecular flexibility index (Phi) is 8.26. The summed E-state index contributed by atoms with van der Waals surface area (Å²) in [5.74, 6) is 3.00. The minimum absolute atomic E-state index is 0.0424. The molecule has 0 spiro atoms. The van der Waals surface area contributed by atoms with E-state index in [1.807, 2.05) is 66.7 Å². The first-order valence-corrected chi connectivity index (χ1v) is 15.5. The van der Waals surface area contributed by atoms with Gasteiger partial charge in [0, 0.05) is 0 Å². The lowest BCUT2D eigenvalue weighted by Gasteiger charge is -2.34. The number of fused-ring (bicyclic) bond motifs is 3. The third-order valence-electron chi connectivity index (χ3n) is 8.51. The molecule has 1 aliphatic carbocycles. The van der Waals surface area contributed by atoms with Gasteiger partial charge >= 0.3 is 0 Å². The van der Waals surface area contributed by atoms with Crippen molar-refractivity contribution in [2.45, 2.75) is 5.41 Å². The van der Waals surface area contributed by atoms with E-state index < -0.39 is 5.41 Å². The lowest BCUT2D eigenvalue weighted by molar-refractivity contribution is 0.201. The molecule has 7 rings (SSSR count). The second-order valence-electron chi connectivity index (χ2n) is 11.2. The van der Waals surface area contributed by atoms with Crippen LogP contribution in [0.3, 0.4) is 0 Å². The highest BCUT2D eigenvalue weighted by atomic mass is 16.5. The van der Waals surface area contributed by atoms with Crippen molar-refractivity contribution in [2.75, 3.05) is 26.4 Å². The number of para-hydroxylation sites is 1. The van der Waals surface area contributed by atoms with Gasteiger partial charge < -0.3 is 24.4 Å². The van der Waals surface area contributed by atoms with Gasteiger partial charge in [-0.1, -0.05) is 91.0 Å². The number of hydrogen-bond acceptors (Lipinski definition) is 5. The Morgan fingerprint density at radius 1 is 0.435 bits per heavy atom. The average molecular weight is 607 g/mol. The molecule has 5 nitrogen and oxygen atoms in total. The van der Waals surface area contributed by atoms with Crippen molar-refractivity contribution in [3.05, 3.63) is 168 Å². The number of hydrogen-bond donors (Lipinski definition) is 2. The van der Waals surface area contributed by atoms with E-state index in [2.05, 4.69) is 78.9 Å². The summed E-state index contributed by atoms with van der Waals surface area (Å²) in [5, 5.41) is 18.6. The summed E-state index contributed by atoms with van der Waals surface area (Å²) < 4.78 is 17.5. The Morgan fingerprint density at radius 3 is 1.54 bits per heavy atom. The van der Waals surface area contributed by atoms with Crippen LogP contribution in [0.5, 0.6) is 23.0 Å². The maximum atomic E-state index is 9.28. The Labute approximate surface area is 268 Å². The molecule has 2 N–H and O–H groups in total. The molecule has 0 amide bonds. The van der Waals surface area contributed by atoms with Gasteiger partial charge in [-0.3, -0.25) is 0 Å². The summed E-state index contributed by atoms with van der Waals surface area (Å²) in [6.07, 6.45) is 0. The van der Waals surface area contributed by atoms with Crippen LogP contribution in [-0.4, -0.2) is 36.6 Å². The maximum absolute atomic E-state index is 9.28. The molecule has 0 radical (unpaired) electrons. The number of ether oxygens (including phenoxy) is 3. The highest BCUT2D eigenvalue weighted by Gasteiger charge is 2.46. The van der Waals surface area contributed by atoms with Crippen LogP contribution in [0.2, 0.25) is 0 Å². The Hall–Kier alpha value is -5.36. The second kappa shape index (κ2) is 12.9. The quantitative estimate of drug-likeness (QED) is 0.155. The molecule has 0 heterocycles. The highest BCUT2D eigenvalue weighted by Crippen LogP contribution is 2.57. The zero-order chi connectivity index (χ0) is 31.3. The molecule has 6 aromatic rings. The highest BCUT2D eigenvalue weighted by molar-refractivity contribution is 5.88. The molecule has 228 valence electrons. The smallest absolute Gasteiger partial charge is 0.127 e. The molecule has 0 aliphatic heterocycles. The predicted molar refractivity (Wildman–Crippen MR) is 181 cm³/mol. The molecule has 0 saturated heterocycles. The van der Waals surface area contributed by atoms with Crippen molar-refractivity contribution in [1.82, 2.24) is 0 Å². The molecule has 0 saturated carbocycles. The topological polar surface area (TPSA) is 68.2 Å². The number of benzene rings is 6. The second-order valence-corrected chi connectivity index (χ2v) is 11.2. The summed E-state index contributed by atoms with van der Waals surface area (Å²) in [5.41, 5.74) is 8.53. The van der Waals surface area contributed by atoms with Gasteiger partial charge in [0.2, 0.25) is 0 Å². The number of aliphatic hydroxyl groups excluding tert-OH is 2. The lowest BCUT2D eigenvalue weighted by Crippen LogP contribution is -2.28. The zero-order valence-electron chi connectivity index (χ0n) is 25.3. The van der Waals surface area contributed by atoms with E-state index in [0.717, 1.165) is 33.8 Å². The van der Waals surface area contributed by atoms with Gasteiger partial charge in [-0.2, -0.15) is 0 Å². The Morgan fingerprint density at radius 2 is 0.935 bits per heavy atom. The standard InChI is InChI=1S/C41H34O5/c42-24-26-44-33-19-13-31(14-20-33)41(32-15-21-34(22-16-32)45-27-25-43)39-9-5-4-8-37(39)38-23-12-30(28-40(38)41)29-10-17-36(18-11-29)46-35-6-2-1-3-7-35/h1-23,28,42-43H,24-27H2. The van der Waals surface area contributed by atoms with Crippen LogP contribution < -0.4 is 14.2 Å². The van der Waals surface area contributed by atoms with Crippen molar-refractivity contribution in [2.24, 2.45) is 0 Å². The molecule has 1 aliphatic rings. The molecule has 0 bridgehead atoms. The van der Waals surface area contributed by atoms with Crippen LogP contribution in [0.25, 0.3) is 22.3 Å². The number of rotatable bonds is 11. The summed E-state index contributed by atoms with van der Waals surface area (Å²) in [7, 11) is 0. The fraction of sp³-hybridized carbons (Fsp3) is 0.122. The van der Waals surface area contributed by atoms with E-state index in [1.54, 1.807) is 0 Å². The Balaban J connectivity index is 1.37. The van der Waals surface area contributed by atoms with E-state index >= 15 is 0 Å². The van der Waals surface area contributed by atoms with Crippen molar-refractivity contribution in [3.8, 4) is 45.3 Å². The number of aliphatic hydroxyl groups is 2. The normalized spacial score (nSPS) is 12.7. The van der Waals surface area contributed by atoms with Gasteiger partial charge in [-0.25, -0.2) is 0 Å². The van der Waals surface area contributed by atoms with Crippen LogP contribution >= 0.6 is 0 Å². The van der Waals surface area contributed by atoms with Crippen molar-refractivity contribution in [1.29, 1.82) is 0 Å². The van der Waals surface area contributed by atoms with Crippen LogP contribution in [0.1, 0.15) is 22.3 Å². The average Bonchev–Trinajstić information content (AvgIpc) is 3.41. The minimum atomic E-state index is -0.622. The van der Waals surface area contributed by atoms with Crippen LogP contribution in [-0.2, 0) is 5.41 Å². The summed E-state index contributed by atoms with van der Waals surface area (Å²) in [6.45, 7) is 0.395. The first-order valence-electron chi connectivity index (χ1n) is 15.5. The summed E-state index contributed by atoms with van der Waals surface area (Å²) in [4.78, 5) is 0. The molecule has 6 aromatic carbocycles. The zero-order valence-corrected chi connectivity index (χ0v) is 25.3. The first-order chi connectivity index (χ1) is 22.7.